The highest BCUT2D eigenvalue weighted by molar-refractivity contribution is 6.06. The van der Waals surface area contributed by atoms with E-state index in [9.17, 15) is 32.3 Å². The van der Waals surface area contributed by atoms with Crippen LogP contribution in [0.5, 0.6) is 0 Å². The number of carboxylic acid groups (broad SMARTS) is 1. The number of halogens is 4. The summed E-state index contributed by atoms with van der Waals surface area (Å²) in [5.74, 6) is -11.1. The van der Waals surface area contributed by atoms with Crippen LogP contribution < -0.4 is 5.11 Å². The molecule has 0 unspecified atom stereocenters. The maximum absolute atomic E-state index is 13.2. The second-order valence-corrected chi connectivity index (χ2v) is 3.23. The van der Waals surface area contributed by atoms with Crippen LogP contribution in [0.15, 0.2) is 0 Å². The van der Waals surface area contributed by atoms with Crippen molar-refractivity contribution in [2.75, 3.05) is 0 Å². The van der Waals surface area contributed by atoms with Gasteiger partial charge in [-0.05, 0) is 6.92 Å². The molecule has 0 aliphatic rings. The van der Waals surface area contributed by atoms with Crippen molar-refractivity contribution in [3.63, 3.8) is 0 Å². The summed E-state index contributed by atoms with van der Waals surface area (Å²) in [7, 11) is 0. The summed E-state index contributed by atoms with van der Waals surface area (Å²) in [6.07, 6.45) is -1.25. The summed E-state index contributed by atoms with van der Waals surface area (Å²) in [6.45, 7) is 0.837. The first-order valence-corrected chi connectivity index (χ1v) is 4.33. The van der Waals surface area contributed by atoms with Crippen molar-refractivity contribution in [3.05, 3.63) is 34.4 Å². The van der Waals surface area contributed by atoms with E-state index in [-0.39, 0.29) is 0 Å². The minimum absolute atomic E-state index is 0.785. The van der Waals surface area contributed by atoms with Crippen LogP contribution in [0.4, 0.5) is 17.6 Å². The van der Waals surface area contributed by atoms with Gasteiger partial charge in [-0.2, -0.15) is 0 Å². The van der Waals surface area contributed by atoms with Crippen LogP contribution in [-0.4, -0.2) is 11.8 Å². The first-order chi connectivity index (χ1) is 7.77. The van der Waals surface area contributed by atoms with E-state index in [2.05, 4.69) is 0 Å². The van der Waals surface area contributed by atoms with Gasteiger partial charge in [-0.15, -0.1) is 0 Å². The van der Waals surface area contributed by atoms with E-state index in [1.165, 1.54) is 0 Å². The van der Waals surface area contributed by atoms with Gasteiger partial charge in [0, 0.05) is 11.5 Å². The Hall–Kier alpha value is -1.92. The number of ketones is 1. The van der Waals surface area contributed by atoms with E-state index < -0.39 is 52.6 Å². The number of aliphatic carboxylic acids is 1. The molecule has 1 aromatic rings. The molecule has 1 aromatic carbocycles. The Morgan fingerprint density at radius 2 is 1.47 bits per heavy atom. The minimum Gasteiger partial charge on any atom is -0.550 e. The number of hydrogen-bond donors (Lipinski definition) is 0. The molecule has 0 fully saturated rings. The van der Waals surface area contributed by atoms with Gasteiger partial charge in [-0.25, -0.2) is 17.6 Å². The Balaban J connectivity index is 3.44. The molecule has 7 heteroatoms. The van der Waals surface area contributed by atoms with E-state index in [4.69, 9.17) is 0 Å². The molecule has 1 rings (SSSR count). The summed E-state index contributed by atoms with van der Waals surface area (Å²) in [5.41, 5.74) is -1.90. The predicted octanol–water partition coefficient (Wildman–Crippen LogP) is 0.874. The highest BCUT2D eigenvalue weighted by atomic mass is 19.2. The zero-order chi connectivity index (χ0) is 13.3. The van der Waals surface area contributed by atoms with Crippen molar-refractivity contribution >= 4 is 11.8 Å². The molecule has 0 aromatic heterocycles. The molecule has 3 nitrogen and oxygen atoms in total. The van der Waals surface area contributed by atoms with Crippen molar-refractivity contribution in [1.82, 2.24) is 0 Å². The molecule has 0 bridgehead atoms. The van der Waals surface area contributed by atoms with Crippen LogP contribution in [-0.2, 0) is 4.79 Å². The van der Waals surface area contributed by atoms with E-state index in [1.807, 2.05) is 0 Å². The lowest BCUT2D eigenvalue weighted by Crippen LogP contribution is -2.26. The summed E-state index contributed by atoms with van der Waals surface area (Å²) in [5, 5.41) is 10.1. The zero-order valence-corrected chi connectivity index (χ0v) is 8.44. The Morgan fingerprint density at radius 1 is 1.00 bits per heavy atom. The normalized spacial score (nSPS) is 10.4. The molecule has 0 aliphatic heterocycles. The van der Waals surface area contributed by atoms with Crippen molar-refractivity contribution in [2.45, 2.75) is 13.3 Å². The minimum atomic E-state index is -2.16. The Kier molecular flexibility index (Phi) is 3.50. The van der Waals surface area contributed by atoms with Gasteiger partial charge in [0.15, 0.2) is 29.1 Å². The number of hydrogen-bond acceptors (Lipinski definition) is 3. The van der Waals surface area contributed by atoms with Crippen LogP contribution in [0.1, 0.15) is 22.3 Å². The maximum atomic E-state index is 13.2. The van der Waals surface area contributed by atoms with Crippen molar-refractivity contribution in [1.29, 1.82) is 0 Å². The molecule has 0 N–H and O–H groups in total. The van der Waals surface area contributed by atoms with Crippen LogP contribution in [0.2, 0.25) is 0 Å². The van der Waals surface area contributed by atoms with E-state index >= 15 is 0 Å². The average Bonchev–Trinajstić information content (AvgIpc) is 2.23. The summed E-state index contributed by atoms with van der Waals surface area (Å²) >= 11 is 0. The quantitative estimate of drug-likeness (QED) is 0.262. The number of carboxylic acids is 1. The van der Waals surface area contributed by atoms with Gasteiger partial charge in [0.05, 0.1) is 12.0 Å². The fourth-order valence-corrected chi connectivity index (χ4v) is 1.29. The number of Topliss-reactive ketones (excluding diaryl/α,β-unsaturated/α-hetero) is 1. The number of carbonyl (C=O) groups is 2. The predicted molar refractivity (Wildman–Crippen MR) is 45.0 cm³/mol. The third kappa shape index (κ3) is 2.27. The fourth-order valence-electron chi connectivity index (χ4n) is 1.29. The molecule has 0 amide bonds. The lowest BCUT2D eigenvalue weighted by molar-refractivity contribution is -0.304. The van der Waals surface area contributed by atoms with Gasteiger partial charge in [0.25, 0.3) is 0 Å². The molecule has 17 heavy (non-hydrogen) atoms. The molecular formula is C10H5F4O3-. The zero-order valence-electron chi connectivity index (χ0n) is 8.44. The maximum Gasteiger partial charge on any atom is 0.198 e. The Labute approximate surface area is 92.7 Å². The molecule has 92 valence electrons. The van der Waals surface area contributed by atoms with Crippen LogP contribution in [0.25, 0.3) is 0 Å². The van der Waals surface area contributed by atoms with Gasteiger partial charge < -0.3 is 9.90 Å². The van der Waals surface area contributed by atoms with Gasteiger partial charge in [0.1, 0.15) is 0 Å². The largest absolute Gasteiger partial charge is 0.550 e. The first kappa shape index (κ1) is 13.1. The highest BCUT2D eigenvalue weighted by Crippen LogP contribution is 2.24. The molecule has 0 radical (unpaired) electrons. The van der Waals surface area contributed by atoms with Gasteiger partial charge in [-0.3, -0.25) is 4.79 Å². The van der Waals surface area contributed by atoms with Gasteiger partial charge in [0.2, 0.25) is 0 Å². The SMILES string of the molecule is Cc1c(F)c(F)c(F)c(F)c1C(=O)CC(=O)[O-]. The third-order valence-electron chi connectivity index (χ3n) is 2.09. The summed E-state index contributed by atoms with van der Waals surface area (Å²) in [6, 6.07) is 0. The molecule has 0 aliphatic carbocycles. The third-order valence-corrected chi connectivity index (χ3v) is 2.09. The molecule has 0 atom stereocenters. The lowest BCUT2D eigenvalue weighted by Gasteiger charge is -2.09. The van der Waals surface area contributed by atoms with Crippen LogP contribution in [0.3, 0.4) is 0 Å². The highest BCUT2D eigenvalue weighted by Gasteiger charge is 2.26. The molecule has 0 saturated carbocycles. The van der Waals surface area contributed by atoms with Crippen molar-refractivity contribution in [2.24, 2.45) is 0 Å². The molecule has 0 heterocycles. The average molecular weight is 249 g/mol. The van der Waals surface area contributed by atoms with E-state index in [0.717, 1.165) is 6.92 Å². The Bertz CT molecular complexity index is 482. The Morgan fingerprint density at radius 3 is 1.94 bits per heavy atom. The number of rotatable bonds is 3. The van der Waals surface area contributed by atoms with E-state index in [1.54, 1.807) is 0 Å². The standard InChI is InChI=1S/C10H6F4O3/c1-3-6(4(15)2-5(16)17)8(12)10(14)9(13)7(3)11/h2H2,1H3,(H,16,17)/p-1. The van der Waals surface area contributed by atoms with Gasteiger partial charge >= 0.3 is 0 Å². The fraction of sp³-hybridized carbons (Fsp3) is 0.200. The molecular weight excluding hydrogens is 244 g/mol. The summed E-state index contributed by atoms with van der Waals surface area (Å²) in [4.78, 5) is 21.3. The topological polar surface area (TPSA) is 57.2 Å². The monoisotopic (exact) mass is 249 g/mol. The van der Waals surface area contributed by atoms with Crippen molar-refractivity contribution in [3.8, 4) is 0 Å². The number of benzene rings is 1. The lowest BCUT2D eigenvalue weighted by atomic mass is 10.0. The molecule has 0 spiro atoms. The van der Waals surface area contributed by atoms with Crippen LogP contribution >= 0.6 is 0 Å². The molecule has 0 saturated heterocycles. The smallest absolute Gasteiger partial charge is 0.198 e. The first-order valence-electron chi connectivity index (χ1n) is 4.33. The second kappa shape index (κ2) is 4.52. The van der Waals surface area contributed by atoms with Crippen molar-refractivity contribution < 1.29 is 32.3 Å². The number of carbonyl (C=O) groups excluding carboxylic acids is 2. The van der Waals surface area contributed by atoms with Crippen LogP contribution in [0, 0.1) is 30.2 Å². The summed E-state index contributed by atoms with van der Waals surface area (Å²) < 4.78 is 51.8. The van der Waals surface area contributed by atoms with E-state index in [0.29, 0.717) is 0 Å². The van der Waals surface area contributed by atoms with Gasteiger partial charge in [-0.1, -0.05) is 0 Å². The second-order valence-electron chi connectivity index (χ2n) is 3.23.